The van der Waals surface area contributed by atoms with Crippen LogP contribution in [0.25, 0.3) is 10.1 Å². The zero-order chi connectivity index (χ0) is 43.9. The average Bonchev–Trinajstić information content (AvgIpc) is 3.91. The van der Waals surface area contributed by atoms with Crippen molar-refractivity contribution in [1.82, 2.24) is 15.1 Å². The first-order chi connectivity index (χ1) is 28.4. The van der Waals surface area contributed by atoms with Crippen molar-refractivity contribution in [3.05, 3.63) is 69.4 Å². The largest absolute Gasteiger partial charge is 0.496 e. The van der Waals surface area contributed by atoms with Crippen LogP contribution in [0.15, 0.2) is 36.4 Å². The summed E-state index contributed by atoms with van der Waals surface area (Å²) in [5.41, 5.74) is 0.934. The van der Waals surface area contributed by atoms with Gasteiger partial charge in [0.05, 0.1) is 49.1 Å². The second-order valence-electron chi connectivity index (χ2n) is 15.1. The second-order valence-corrected chi connectivity index (χ2v) is 16.1. The number of fused-ring (bicyclic) bond motifs is 2. The number of carbonyl (C=O) groups is 9. The Bertz CT molecular complexity index is 2280. The molecule has 1 atom stereocenters. The van der Waals surface area contributed by atoms with Crippen LogP contribution in [0.4, 0.5) is 4.39 Å². The number of esters is 2. The summed E-state index contributed by atoms with van der Waals surface area (Å²) >= 11 is 0.922. The lowest BCUT2D eigenvalue weighted by molar-refractivity contribution is -0.156. The quantitative estimate of drug-likeness (QED) is 0.0768. The number of amides is 4. The Labute approximate surface area is 347 Å². The molecular formula is C42H44FN3O13S. The van der Waals surface area contributed by atoms with Gasteiger partial charge in [0, 0.05) is 54.6 Å². The molecule has 5 rings (SSSR count). The maximum absolute atomic E-state index is 15.8. The van der Waals surface area contributed by atoms with Gasteiger partial charge in [-0.25, -0.2) is 4.39 Å². The van der Waals surface area contributed by atoms with Gasteiger partial charge in [-0.2, -0.15) is 0 Å². The fourth-order valence-electron chi connectivity index (χ4n) is 6.35. The van der Waals surface area contributed by atoms with Gasteiger partial charge in [0.2, 0.25) is 11.8 Å². The number of halogens is 1. The molecule has 0 spiro atoms. The molecule has 16 nitrogen and oxygen atoms in total. The van der Waals surface area contributed by atoms with Crippen molar-refractivity contribution in [1.29, 1.82) is 0 Å². The molecule has 4 amide bonds. The molecule has 60 heavy (non-hydrogen) atoms. The third-order valence-corrected chi connectivity index (χ3v) is 10.4. The van der Waals surface area contributed by atoms with Crippen LogP contribution in [-0.4, -0.2) is 102 Å². The number of aldehydes is 1. The molecule has 0 unspecified atom stereocenters. The number of imide groups is 1. The number of Topliss-reactive ketones (excluding diaryl/α,β-unsaturated/α-hetero) is 2. The first-order valence-electron chi connectivity index (χ1n) is 19.0. The van der Waals surface area contributed by atoms with E-state index >= 15 is 4.39 Å². The molecule has 0 saturated carbocycles. The summed E-state index contributed by atoms with van der Waals surface area (Å²) in [4.78, 5) is 114. The highest BCUT2D eigenvalue weighted by atomic mass is 32.1. The zero-order valence-electron chi connectivity index (χ0n) is 33.7. The zero-order valence-corrected chi connectivity index (χ0v) is 34.5. The van der Waals surface area contributed by atoms with Crippen molar-refractivity contribution in [2.24, 2.45) is 0 Å². The van der Waals surface area contributed by atoms with Crippen LogP contribution < -0.4 is 14.8 Å². The SMILES string of the molecule is COc1cc2c(cc1C(=O)CCOc1c(C=O)cc3sc(C(=O)CCC(=O)O[C@@H](C)CNC(=O)CN4C(=O)C=CC4=O)cc3c1F)CN(C(=O)CCC(=O)OC(C)(C)C)C2. The van der Waals surface area contributed by atoms with Gasteiger partial charge in [-0.1, -0.05) is 0 Å². The van der Waals surface area contributed by atoms with Crippen molar-refractivity contribution in [3.8, 4) is 11.5 Å². The van der Waals surface area contributed by atoms with Gasteiger partial charge < -0.3 is 29.2 Å². The summed E-state index contributed by atoms with van der Waals surface area (Å²) in [5.74, 6) is -5.23. The Morgan fingerprint density at radius 1 is 0.900 bits per heavy atom. The van der Waals surface area contributed by atoms with E-state index in [-0.39, 0.29) is 96.1 Å². The van der Waals surface area contributed by atoms with Gasteiger partial charge in [0.25, 0.3) is 11.8 Å². The number of hydrogen-bond donors (Lipinski definition) is 1. The molecule has 2 aliphatic rings. The number of hydrogen-bond acceptors (Lipinski definition) is 14. The molecule has 2 aliphatic heterocycles. The topological polar surface area (TPSA) is 209 Å². The summed E-state index contributed by atoms with van der Waals surface area (Å²) in [6.07, 6.45) is 0.779. The lowest BCUT2D eigenvalue weighted by Gasteiger charge is -2.20. The van der Waals surface area contributed by atoms with E-state index in [1.807, 2.05) is 0 Å². The molecule has 0 saturated heterocycles. The molecule has 3 heterocycles. The average molecular weight is 850 g/mol. The number of rotatable bonds is 19. The van der Waals surface area contributed by atoms with Gasteiger partial charge in [-0.05, 0) is 63.1 Å². The second kappa shape index (κ2) is 19.2. The molecule has 0 fully saturated rings. The molecule has 0 radical (unpaired) electrons. The highest BCUT2D eigenvalue weighted by Gasteiger charge is 2.29. The first kappa shape index (κ1) is 44.8. The number of ether oxygens (including phenoxy) is 4. The van der Waals surface area contributed by atoms with E-state index in [2.05, 4.69) is 5.32 Å². The number of nitrogens with one attached hydrogen (secondary N) is 1. The molecule has 3 aromatic rings. The maximum Gasteiger partial charge on any atom is 0.306 e. The molecule has 1 aromatic heterocycles. The number of benzene rings is 2. The summed E-state index contributed by atoms with van der Waals surface area (Å²) in [5, 5.41) is 2.47. The highest BCUT2D eigenvalue weighted by Crippen LogP contribution is 2.36. The van der Waals surface area contributed by atoms with Crippen LogP contribution in [0.3, 0.4) is 0 Å². The standard InChI is InChI=1S/C42H44FN3O13S/c1-23(18-44-34(50)21-46-36(52)7-8-37(46)53)58-38(54)10-6-30(49)33-17-28-32(60-33)16-26(22-47)41(40(28)43)57-13-12-29(48)27-14-24-19-45(20-25(24)15-31(27)56-5)35(51)9-11-39(55)59-42(2,3)4/h7-8,14-17,22-23H,6,9-13,18-21H2,1-5H3,(H,44,50)/t23-/m0/s1. The van der Waals surface area contributed by atoms with Crippen molar-refractivity contribution >= 4 is 74.8 Å². The summed E-state index contributed by atoms with van der Waals surface area (Å²) < 4.78 is 37.8. The van der Waals surface area contributed by atoms with Crippen LogP contribution in [-0.2, 0) is 51.3 Å². The number of ketones is 2. The lowest BCUT2D eigenvalue weighted by atomic mass is 10.0. The Balaban J connectivity index is 1.13. The smallest absolute Gasteiger partial charge is 0.306 e. The fourth-order valence-corrected chi connectivity index (χ4v) is 7.42. The highest BCUT2D eigenvalue weighted by molar-refractivity contribution is 7.20. The minimum atomic E-state index is -0.908. The normalized spacial score (nSPS) is 13.9. The van der Waals surface area contributed by atoms with Crippen molar-refractivity contribution < 1.29 is 66.5 Å². The molecule has 318 valence electrons. The van der Waals surface area contributed by atoms with E-state index in [0.29, 0.717) is 6.29 Å². The van der Waals surface area contributed by atoms with Gasteiger partial charge >= 0.3 is 11.9 Å². The summed E-state index contributed by atoms with van der Waals surface area (Å²) in [6, 6.07) is 5.97. The molecule has 2 aromatic carbocycles. The van der Waals surface area contributed by atoms with E-state index in [9.17, 15) is 43.2 Å². The Hall–Kier alpha value is -6.30. The number of methoxy groups -OCH3 is 1. The van der Waals surface area contributed by atoms with Crippen LogP contribution in [0, 0.1) is 5.82 Å². The third kappa shape index (κ3) is 11.2. The predicted molar refractivity (Wildman–Crippen MR) is 212 cm³/mol. The fraction of sp³-hybridized carbons (Fsp3) is 0.405. The van der Waals surface area contributed by atoms with E-state index < -0.39 is 71.0 Å². The van der Waals surface area contributed by atoms with Crippen molar-refractivity contribution in [3.63, 3.8) is 0 Å². The van der Waals surface area contributed by atoms with Crippen molar-refractivity contribution in [2.45, 2.75) is 84.6 Å². The maximum atomic E-state index is 15.8. The van der Waals surface area contributed by atoms with E-state index in [4.69, 9.17) is 18.9 Å². The molecular weight excluding hydrogens is 806 g/mol. The Morgan fingerprint density at radius 3 is 2.22 bits per heavy atom. The van der Waals surface area contributed by atoms with E-state index in [1.54, 1.807) is 37.8 Å². The van der Waals surface area contributed by atoms with Gasteiger partial charge in [-0.3, -0.25) is 48.1 Å². The van der Waals surface area contributed by atoms with E-state index in [1.165, 1.54) is 26.2 Å². The third-order valence-electron chi connectivity index (χ3n) is 9.26. The summed E-state index contributed by atoms with van der Waals surface area (Å²) in [6.45, 7) is 6.32. The molecule has 18 heteroatoms. The van der Waals surface area contributed by atoms with Crippen LogP contribution in [0.1, 0.15) is 101 Å². The predicted octanol–water partition coefficient (Wildman–Crippen LogP) is 4.41. The first-order valence-corrected chi connectivity index (χ1v) is 19.8. The number of nitrogens with zero attached hydrogens (tertiary/aromatic N) is 2. The lowest BCUT2D eigenvalue weighted by Crippen LogP contribution is -2.42. The Kier molecular flexibility index (Phi) is 14.3. The molecule has 0 bridgehead atoms. The summed E-state index contributed by atoms with van der Waals surface area (Å²) in [7, 11) is 1.40. The minimum Gasteiger partial charge on any atom is -0.496 e. The van der Waals surface area contributed by atoms with Crippen LogP contribution in [0.2, 0.25) is 0 Å². The monoisotopic (exact) mass is 849 g/mol. The Morgan fingerprint density at radius 2 is 1.57 bits per heavy atom. The van der Waals surface area contributed by atoms with Crippen LogP contribution in [0.5, 0.6) is 11.5 Å². The van der Waals surface area contributed by atoms with Crippen LogP contribution >= 0.6 is 11.3 Å². The van der Waals surface area contributed by atoms with Crippen molar-refractivity contribution in [2.75, 3.05) is 26.8 Å². The molecule has 0 aliphatic carbocycles. The van der Waals surface area contributed by atoms with E-state index in [0.717, 1.165) is 39.5 Å². The number of carbonyl (C=O) groups excluding carboxylic acids is 9. The van der Waals surface area contributed by atoms with Gasteiger partial charge in [-0.15, -0.1) is 11.3 Å². The van der Waals surface area contributed by atoms with Gasteiger partial charge in [0.1, 0.15) is 24.0 Å². The number of thiophene rings is 1. The minimum absolute atomic E-state index is 0.000755. The van der Waals surface area contributed by atoms with Gasteiger partial charge in [0.15, 0.2) is 29.4 Å². The molecule has 1 N–H and O–H groups in total.